The number of hydrogen-bond acceptors (Lipinski definition) is 0. The summed E-state index contributed by atoms with van der Waals surface area (Å²) < 4.78 is 8.96. The second kappa shape index (κ2) is 13.3. The zero-order valence-electron chi connectivity index (χ0n) is 26.0. The normalized spacial score (nSPS) is 22.4. The second-order valence-electron chi connectivity index (χ2n) is 13.9. The first-order valence-electron chi connectivity index (χ1n) is 14.3. The smallest absolute Gasteiger partial charge is 1.00 e. The van der Waals surface area contributed by atoms with E-state index in [1.54, 1.807) is 33.6 Å². The van der Waals surface area contributed by atoms with Gasteiger partial charge in [0.15, 0.2) is 0 Å². The molecule has 0 radical (unpaired) electrons. The van der Waals surface area contributed by atoms with E-state index in [0.29, 0.717) is 17.3 Å². The van der Waals surface area contributed by atoms with Gasteiger partial charge in [-0.1, -0.05) is 72.8 Å². The molecule has 0 fully saturated rings. The standard InChI is InChI=1S/C18H14.C10H15.C5H5.3CH3.4ClH.2Zr/c1-3-7-15-13(5-1)9-11-17(15)18-12-10-14-6-2-4-8-16(14)18;1-7-6-10(4,5)9(3)8(7)2;1-2-4-5-3-1;;;;;;;;;/h1-12,17-18H;1-5H3;1-3H,4H2;3*1H3;4*1H;;/q;;;;;;;;;;2*+2/p-4. The van der Waals surface area contributed by atoms with Crippen molar-refractivity contribution in [2.75, 3.05) is 0 Å². The van der Waals surface area contributed by atoms with Crippen molar-refractivity contribution in [1.29, 1.82) is 0 Å². The predicted molar refractivity (Wildman–Crippen MR) is 172 cm³/mol. The van der Waals surface area contributed by atoms with Crippen LogP contribution in [0.2, 0.25) is 13.9 Å². The van der Waals surface area contributed by atoms with Crippen LogP contribution in [-0.4, -0.2) is 0 Å². The molecule has 42 heavy (non-hydrogen) atoms. The van der Waals surface area contributed by atoms with Gasteiger partial charge in [-0.25, -0.2) is 0 Å². The maximum atomic E-state index is 6.51. The van der Waals surface area contributed by atoms with Crippen LogP contribution in [0.15, 0.2) is 102 Å². The average molecular weight is 800 g/mol. The fraction of sp³-hybridized carbons (Fsp3) is 0.333. The Bertz CT molecular complexity index is 1430. The van der Waals surface area contributed by atoms with Gasteiger partial charge in [-0.3, -0.25) is 0 Å². The molecule has 6 rings (SSSR count). The minimum atomic E-state index is -3.83. The molecule has 0 spiro atoms. The van der Waals surface area contributed by atoms with Crippen molar-refractivity contribution in [3.63, 3.8) is 0 Å². The van der Waals surface area contributed by atoms with Gasteiger partial charge in [0, 0.05) is 11.8 Å². The molecule has 0 amide bonds. The van der Waals surface area contributed by atoms with E-state index in [1.165, 1.54) is 36.7 Å². The molecular weight excluding hydrogens is 757 g/mol. The number of rotatable bonds is 2. The summed E-state index contributed by atoms with van der Waals surface area (Å²) in [7, 11) is 13.0. The first kappa shape index (κ1) is 38.0. The fourth-order valence-corrected chi connectivity index (χ4v) is 12.4. The Hall–Kier alpha value is -0.194. The summed E-state index contributed by atoms with van der Waals surface area (Å²) in [5, 5.41) is 0. The largest absolute Gasteiger partial charge is 1.00 e. The van der Waals surface area contributed by atoms with Crippen molar-refractivity contribution in [3.05, 3.63) is 124 Å². The Balaban J connectivity index is 0.000000227. The van der Waals surface area contributed by atoms with E-state index in [0.717, 1.165) is 6.42 Å². The summed E-state index contributed by atoms with van der Waals surface area (Å²) in [5.41, 5.74) is 10.6. The third kappa shape index (κ3) is 8.33. The molecule has 2 atom stereocenters. The van der Waals surface area contributed by atoms with Crippen molar-refractivity contribution < 1.29 is 64.4 Å². The fourth-order valence-electron chi connectivity index (χ4n) is 5.92. The number of allylic oxidation sites excluding steroid dienone is 10. The van der Waals surface area contributed by atoms with E-state index in [-0.39, 0.29) is 24.8 Å². The molecule has 2 aromatic carbocycles. The first-order valence-corrected chi connectivity index (χ1v) is 30.5. The van der Waals surface area contributed by atoms with Crippen LogP contribution >= 0.6 is 17.0 Å². The van der Waals surface area contributed by atoms with E-state index < -0.39 is 14.9 Å². The van der Waals surface area contributed by atoms with E-state index in [4.69, 9.17) is 17.0 Å². The SMILES string of the molecule is C1=CC(C2C=Cc3ccccc32)c2ccccc21.CC1=C(C)C(C)(C)[C]([Zr+2])=C1C.[CH3][Zr]([CH3])([CH3])([Cl])([Cl])[C]1=CC=CC1.[Cl-].[Cl-]. The van der Waals surface area contributed by atoms with Crippen LogP contribution in [0, 0.1) is 5.41 Å². The molecule has 0 nitrogen and oxygen atoms in total. The summed E-state index contributed by atoms with van der Waals surface area (Å²) >= 11 is -2.26. The molecule has 0 saturated carbocycles. The maximum Gasteiger partial charge on any atom is -1.00 e. The van der Waals surface area contributed by atoms with E-state index in [2.05, 4.69) is 120 Å². The van der Waals surface area contributed by atoms with Crippen LogP contribution in [-0.2, 0) is 39.6 Å². The van der Waals surface area contributed by atoms with Gasteiger partial charge < -0.3 is 24.8 Å². The second-order valence-corrected chi connectivity index (χ2v) is 53.6. The van der Waals surface area contributed by atoms with Crippen molar-refractivity contribution in [2.45, 2.75) is 66.8 Å². The molecule has 2 unspecified atom stereocenters. The van der Waals surface area contributed by atoms with Crippen LogP contribution in [0.3, 0.4) is 0 Å². The summed E-state index contributed by atoms with van der Waals surface area (Å²) in [4.78, 5) is 0. The quantitative estimate of drug-likeness (QED) is 0.335. The van der Waals surface area contributed by atoms with Gasteiger partial charge in [0.25, 0.3) is 0 Å². The van der Waals surface area contributed by atoms with Gasteiger partial charge in [-0.15, -0.1) is 0 Å². The van der Waals surface area contributed by atoms with Gasteiger partial charge >= 0.3 is 159 Å². The summed E-state index contributed by atoms with van der Waals surface area (Å²) in [6.45, 7) is 11.4. The number of fused-ring (bicyclic) bond motifs is 2. The van der Waals surface area contributed by atoms with Crippen LogP contribution in [0.1, 0.15) is 75.1 Å². The average Bonchev–Trinajstić information content (AvgIpc) is 3.67. The molecule has 2 aromatic rings. The Morgan fingerprint density at radius 1 is 0.762 bits per heavy atom. The number of benzene rings is 2. The van der Waals surface area contributed by atoms with Gasteiger partial charge in [0.2, 0.25) is 0 Å². The molecule has 0 heterocycles. The monoisotopic (exact) mass is 795 g/mol. The predicted octanol–water partition coefficient (Wildman–Crippen LogP) is 6.31. The Labute approximate surface area is 287 Å². The molecular formula is C36H43Cl4Zr2. The van der Waals surface area contributed by atoms with Crippen LogP contribution in [0.25, 0.3) is 12.2 Å². The zero-order valence-corrected chi connectivity index (χ0v) is 34.0. The van der Waals surface area contributed by atoms with Crippen molar-refractivity contribution in [3.8, 4) is 0 Å². The topological polar surface area (TPSA) is 0 Å². The van der Waals surface area contributed by atoms with E-state index >= 15 is 0 Å². The summed E-state index contributed by atoms with van der Waals surface area (Å²) in [6, 6.07) is 17.4. The Morgan fingerprint density at radius 2 is 1.21 bits per heavy atom. The molecule has 0 N–H and O–H groups in total. The van der Waals surface area contributed by atoms with Gasteiger partial charge in [-0.2, -0.15) is 0 Å². The minimum absolute atomic E-state index is 0. The van der Waals surface area contributed by atoms with Crippen LogP contribution in [0.5, 0.6) is 0 Å². The van der Waals surface area contributed by atoms with Gasteiger partial charge in [0.05, 0.1) is 0 Å². The molecule has 6 heteroatoms. The first-order chi connectivity index (χ1) is 18.4. The molecule has 4 aliphatic carbocycles. The maximum absolute atomic E-state index is 6.51. The van der Waals surface area contributed by atoms with Crippen molar-refractivity contribution in [1.82, 2.24) is 0 Å². The van der Waals surface area contributed by atoms with Crippen LogP contribution in [0.4, 0.5) is 0 Å². The van der Waals surface area contributed by atoms with Gasteiger partial charge in [0.1, 0.15) is 0 Å². The molecule has 223 valence electrons. The molecule has 4 aliphatic rings. The Kier molecular flexibility index (Phi) is 12.0. The summed E-state index contributed by atoms with van der Waals surface area (Å²) in [6.07, 6.45) is 16.4. The third-order valence-corrected chi connectivity index (χ3v) is 21.3. The van der Waals surface area contributed by atoms with E-state index in [1.807, 2.05) is 20.0 Å². The number of halogens is 4. The molecule has 0 aromatic heterocycles. The number of hydrogen-bond donors (Lipinski definition) is 0. The van der Waals surface area contributed by atoms with Crippen molar-refractivity contribution in [2.24, 2.45) is 5.41 Å². The molecule has 0 aliphatic heterocycles. The van der Waals surface area contributed by atoms with E-state index in [9.17, 15) is 0 Å². The van der Waals surface area contributed by atoms with Crippen LogP contribution < -0.4 is 24.8 Å². The van der Waals surface area contributed by atoms with Crippen molar-refractivity contribution >= 4 is 29.2 Å². The Morgan fingerprint density at radius 3 is 1.50 bits per heavy atom. The minimum Gasteiger partial charge on any atom is -1.00 e. The summed E-state index contributed by atoms with van der Waals surface area (Å²) in [5.74, 6) is 1.00. The molecule has 0 saturated heterocycles. The molecule has 0 bridgehead atoms. The van der Waals surface area contributed by atoms with Gasteiger partial charge in [-0.05, 0) is 22.3 Å². The third-order valence-electron chi connectivity index (χ3n) is 9.10. The zero-order chi connectivity index (χ0) is 29.6.